The molecule has 1 atom stereocenters. The minimum Gasteiger partial charge on any atom is -0.438 e. The summed E-state index contributed by atoms with van der Waals surface area (Å²) < 4.78 is 66.6. The zero-order valence-electron chi connectivity index (χ0n) is 16.1. The number of ether oxygens (including phenoxy) is 2. The van der Waals surface area contributed by atoms with Crippen LogP contribution in [0.15, 0.2) is 30.5 Å². The highest BCUT2D eigenvalue weighted by Gasteiger charge is 2.34. The zero-order chi connectivity index (χ0) is 24.1. The van der Waals surface area contributed by atoms with Crippen LogP contribution in [0.2, 0.25) is 5.02 Å². The van der Waals surface area contributed by atoms with Crippen LogP contribution < -0.4 is 10.0 Å². The molecule has 0 bridgehead atoms. The third kappa shape index (κ3) is 6.32. The summed E-state index contributed by atoms with van der Waals surface area (Å²) in [6, 6.07) is 3.70. The SMILES string of the molecule is CCP(=O)(OCOC(=O)CCl)c1cc(Oc2ncc(C(F)(F)F)cc2Cl)ccc1[N+](=O)[O-]. The van der Waals surface area contributed by atoms with Crippen LogP contribution in [0.5, 0.6) is 11.6 Å². The molecular formula is C17H14Cl2F3N2O7P. The zero-order valence-corrected chi connectivity index (χ0v) is 18.5. The highest BCUT2D eigenvalue weighted by atomic mass is 35.5. The summed E-state index contributed by atoms with van der Waals surface area (Å²) in [5.41, 5.74) is -1.67. The Bertz CT molecular complexity index is 1070. The predicted octanol–water partition coefficient (Wildman–Crippen LogP) is 5.13. The van der Waals surface area contributed by atoms with Crippen LogP contribution in [0, 0.1) is 10.1 Å². The van der Waals surface area contributed by atoms with E-state index in [1.54, 1.807) is 0 Å². The fraction of sp³-hybridized carbons (Fsp3) is 0.294. The van der Waals surface area contributed by atoms with Crippen molar-refractivity contribution in [3.05, 3.63) is 51.2 Å². The second kappa shape index (κ2) is 10.5. The number of nitro benzene ring substituents is 1. The summed E-state index contributed by atoms with van der Waals surface area (Å²) in [5, 5.41) is 10.6. The van der Waals surface area contributed by atoms with E-state index in [9.17, 15) is 32.6 Å². The standard InChI is InChI=1S/C17H14Cl2F3N2O7P/c1-2-32(28,30-9-29-15(25)7-18)14-6-11(3-4-13(14)24(26)27)31-16-12(19)5-10(8-23-16)17(20,21)22/h3-6,8H,2,7,9H2,1H3. The first-order valence-corrected chi connectivity index (χ1v) is 11.3. The topological polar surface area (TPSA) is 118 Å². The van der Waals surface area contributed by atoms with Gasteiger partial charge in [-0.25, -0.2) is 4.98 Å². The Hall–Kier alpha value is -2.40. The van der Waals surface area contributed by atoms with E-state index in [1.165, 1.54) is 6.92 Å². The Labute approximate surface area is 189 Å². The second-order valence-corrected chi connectivity index (χ2v) is 9.30. The predicted molar refractivity (Wildman–Crippen MR) is 108 cm³/mol. The lowest BCUT2D eigenvalue weighted by atomic mass is 10.3. The number of pyridine rings is 1. The number of rotatable bonds is 9. The second-order valence-electron chi connectivity index (χ2n) is 5.90. The van der Waals surface area contributed by atoms with Crippen LogP contribution in [-0.4, -0.2) is 34.7 Å². The number of carbonyl (C=O) groups is 1. The maximum absolute atomic E-state index is 13.2. The van der Waals surface area contributed by atoms with Crippen molar-refractivity contribution in [1.29, 1.82) is 0 Å². The van der Waals surface area contributed by atoms with Crippen LogP contribution in [0.3, 0.4) is 0 Å². The molecule has 2 rings (SSSR count). The Morgan fingerprint density at radius 3 is 2.53 bits per heavy atom. The molecule has 1 aromatic heterocycles. The van der Waals surface area contributed by atoms with Crippen molar-refractivity contribution in [2.45, 2.75) is 13.1 Å². The molecule has 32 heavy (non-hydrogen) atoms. The molecule has 0 saturated heterocycles. The summed E-state index contributed by atoms with van der Waals surface area (Å²) in [6.07, 6.45) is -4.39. The van der Waals surface area contributed by atoms with Crippen LogP contribution in [0.4, 0.5) is 18.9 Å². The molecular weight excluding hydrogens is 503 g/mol. The van der Waals surface area contributed by atoms with E-state index in [-0.39, 0.29) is 17.2 Å². The number of esters is 1. The smallest absolute Gasteiger partial charge is 0.417 e. The van der Waals surface area contributed by atoms with Gasteiger partial charge in [0, 0.05) is 24.5 Å². The molecule has 0 aliphatic rings. The van der Waals surface area contributed by atoms with Gasteiger partial charge in [0.1, 0.15) is 22.0 Å². The van der Waals surface area contributed by atoms with E-state index < -0.39 is 59.3 Å². The lowest BCUT2D eigenvalue weighted by Crippen LogP contribution is -2.17. The molecule has 174 valence electrons. The summed E-state index contributed by atoms with van der Waals surface area (Å²) in [7, 11) is -3.93. The molecule has 2 aromatic rings. The Morgan fingerprint density at radius 1 is 1.31 bits per heavy atom. The van der Waals surface area contributed by atoms with Crippen molar-refractivity contribution in [2.24, 2.45) is 0 Å². The van der Waals surface area contributed by atoms with Gasteiger partial charge in [-0.1, -0.05) is 18.5 Å². The number of carbonyl (C=O) groups excluding carboxylic acids is 1. The molecule has 0 spiro atoms. The molecule has 1 heterocycles. The van der Waals surface area contributed by atoms with Gasteiger partial charge in [0.2, 0.25) is 13.2 Å². The fourth-order valence-electron chi connectivity index (χ4n) is 2.31. The Kier molecular flexibility index (Phi) is 8.47. The summed E-state index contributed by atoms with van der Waals surface area (Å²) in [6.45, 7) is 0.654. The van der Waals surface area contributed by atoms with Gasteiger partial charge in [-0.05, 0) is 12.1 Å². The van der Waals surface area contributed by atoms with Crippen LogP contribution >= 0.6 is 30.6 Å². The van der Waals surface area contributed by atoms with E-state index in [1.807, 2.05) is 0 Å². The van der Waals surface area contributed by atoms with Gasteiger partial charge in [0.15, 0.2) is 6.79 Å². The molecule has 0 saturated carbocycles. The van der Waals surface area contributed by atoms with Crippen molar-refractivity contribution in [3.8, 4) is 11.6 Å². The van der Waals surface area contributed by atoms with Crippen LogP contribution in [-0.2, 0) is 24.8 Å². The molecule has 0 fully saturated rings. The van der Waals surface area contributed by atoms with Crippen molar-refractivity contribution < 1.29 is 41.5 Å². The number of hydrogen-bond donors (Lipinski definition) is 0. The normalized spacial score (nSPS) is 13.3. The van der Waals surface area contributed by atoms with Gasteiger partial charge in [-0.2, -0.15) is 13.2 Å². The number of nitrogens with zero attached hydrogens (tertiary/aromatic N) is 2. The number of nitro groups is 1. The molecule has 0 aliphatic heterocycles. The number of halogens is 5. The lowest BCUT2D eigenvalue weighted by Gasteiger charge is -2.18. The van der Waals surface area contributed by atoms with Gasteiger partial charge in [0.25, 0.3) is 5.69 Å². The first-order chi connectivity index (χ1) is 14.9. The van der Waals surface area contributed by atoms with Crippen LogP contribution in [0.1, 0.15) is 12.5 Å². The molecule has 0 aliphatic carbocycles. The van der Waals surface area contributed by atoms with Crippen LogP contribution in [0.25, 0.3) is 0 Å². The van der Waals surface area contributed by atoms with Gasteiger partial charge in [0.05, 0.1) is 10.5 Å². The quantitative estimate of drug-likeness (QED) is 0.112. The Morgan fingerprint density at radius 2 is 2.00 bits per heavy atom. The van der Waals surface area contributed by atoms with Gasteiger partial charge < -0.3 is 9.47 Å². The highest BCUT2D eigenvalue weighted by Crippen LogP contribution is 2.48. The maximum Gasteiger partial charge on any atom is 0.417 e. The van der Waals surface area contributed by atoms with Crippen molar-refractivity contribution in [3.63, 3.8) is 0 Å². The molecule has 0 amide bonds. The number of hydrogen-bond acceptors (Lipinski definition) is 8. The van der Waals surface area contributed by atoms with Gasteiger partial charge in [-0.15, -0.1) is 11.6 Å². The molecule has 1 unspecified atom stereocenters. The molecule has 1 aromatic carbocycles. The third-order valence-electron chi connectivity index (χ3n) is 3.87. The minimum absolute atomic E-state index is 0.158. The van der Waals surface area contributed by atoms with Crippen molar-refractivity contribution in [2.75, 3.05) is 18.8 Å². The number of alkyl halides is 4. The number of benzene rings is 1. The largest absolute Gasteiger partial charge is 0.438 e. The number of aromatic nitrogens is 1. The minimum atomic E-state index is -4.67. The van der Waals surface area contributed by atoms with Crippen molar-refractivity contribution in [1.82, 2.24) is 4.98 Å². The fourth-order valence-corrected chi connectivity index (χ4v) is 4.30. The van der Waals surface area contributed by atoms with E-state index in [0.717, 1.165) is 18.2 Å². The average molecular weight is 517 g/mol. The average Bonchev–Trinajstić information content (AvgIpc) is 2.73. The van der Waals surface area contributed by atoms with E-state index in [4.69, 9.17) is 32.5 Å². The first-order valence-electron chi connectivity index (χ1n) is 8.56. The summed E-state index contributed by atoms with van der Waals surface area (Å²) in [4.78, 5) is 25.2. The molecule has 15 heteroatoms. The molecule has 0 N–H and O–H groups in total. The van der Waals surface area contributed by atoms with E-state index in [0.29, 0.717) is 12.3 Å². The first kappa shape index (κ1) is 25.9. The van der Waals surface area contributed by atoms with Gasteiger partial charge in [-0.3, -0.25) is 24.0 Å². The third-order valence-corrected chi connectivity index (χ3v) is 6.80. The van der Waals surface area contributed by atoms with Gasteiger partial charge >= 0.3 is 12.1 Å². The summed E-state index contributed by atoms with van der Waals surface area (Å²) >= 11 is 11.1. The molecule has 0 radical (unpaired) electrons. The van der Waals surface area contributed by atoms with Crippen molar-refractivity contribution >= 4 is 47.5 Å². The van der Waals surface area contributed by atoms with E-state index in [2.05, 4.69) is 9.72 Å². The highest BCUT2D eigenvalue weighted by molar-refractivity contribution is 7.67. The monoisotopic (exact) mass is 516 g/mol. The molecule has 9 nitrogen and oxygen atoms in total. The maximum atomic E-state index is 13.2. The Balaban J connectivity index is 2.40. The van der Waals surface area contributed by atoms with E-state index >= 15 is 0 Å². The summed E-state index contributed by atoms with van der Waals surface area (Å²) in [5.74, 6) is -1.91. The lowest BCUT2D eigenvalue weighted by molar-refractivity contribution is -0.383.